The van der Waals surface area contributed by atoms with Crippen LogP contribution in [0.4, 0.5) is 0 Å². The van der Waals surface area contributed by atoms with Crippen LogP contribution >= 0.6 is 0 Å². The van der Waals surface area contributed by atoms with Crippen LogP contribution in [0, 0.1) is 0 Å². The van der Waals surface area contributed by atoms with Crippen LogP contribution in [0.1, 0.15) is 22.8 Å². The third-order valence-electron chi connectivity index (χ3n) is 3.28. The van der Waals surface area contributed by atoms with Crippen molar-refractivity contribution in [2.24, 2.45) is 0 Å². The monoisotopic (exact) mass is 313 g/mol. The first-order chi connectivity index (χ1) is 11.1. The first-order valence-electron chi connectivity index (χ1n) is 7.34. The molecule has 1 amide bonds. The van der Waals surface area contributed by atoms with E-state index in [1.165, 1.54) is 0 Å². The lowest BCUT2D eigenvalue weighted by molar-refractivity contribution is -0.133. The molecule has 0 saturated heterocycles. The number of ether oxygens (including phenoxy) is 2. The van der Waals surface area contributed by atoms with Crippen LogP contribution in [0.5, 0.6) is 11.5 Å². The number of benzene rings is 2. The molecule has 2 aromatic carbocycles. The van der Waals surface area contributed by atoms with Crippen molar-refractivity contribution >= 4 is 11.9 Å². The second-order valence-corrected chi connectivity index (χ2v) is 4.89. The van der Waals surface area contributed by atoms with Gasteiger partial charge in [0.2, 0.25) is 0 Å². The first-order valence-corrected chi connectivity index (χ1v) is 7.34. The minimum absolute atomic E-state index is 0.193. The molecular formula is C18H19NO4. The van der Waals surface area contributed by atoms with E-state index >= 15 is 0 Å². The van der Waals surface area contributed by atoms with Crippen molar-refractivity contribution in [3.8, 4) is 11.5 Å². The topological polar surface area (TPSA) is 64.6 Å². The zero-order valence-electron chi connectivity index (χ0n) is 13.2. The normalized spacial score (nSPS) is 10.0. The van der Waals surface area contributed by atoms with E-state index in [4.69, 9.17) is 9.47 Å². The third-order valence-corrected chi connectivity index (χ3v) is 3.28. The highest BCUT2D eigenvalue weighted by atomic mass is 16.5. The number of hydrogen-bond donors (Lipinski definition) is 1. The highest BCUT2D eigenvalue weighted by Crippen LogP contribution is 2.14. The smallest absolute Gasteiger partial charge is 0.330 e. The average molecular weight is 313 g/mol. The van der Waals surface area contributed by atoms with Gasteiger partial charge in [-0.3, -0.25) is 4.79 Å². The molecule has 1 N–H and O–H groups in total. The van der Waals surface area contributed by atoms with Crippen LogP contribution in [0.15, 0.2) is 48.5 Å². The summed E-state index contributed by atoms with van der Waals surface area (Å²) in [6.45, 7) is 1.83. The SMILES string of the molecule is CCc1cccc(OC(=O)CNC(=O)c2ccc(OC)cc2)c1. The van der Waals surface area contributed by atoms with Crippen molar-refractivity contribution in [2.75, 3.05) is 13.7 Å². The Morgan fingerprint density at radius 1 is 1.04 bits per heavy atom. The lowest BCUT2D eigenvalue weighted by Gasteiger charge is -2.07. The number of rotatable bonds is 6. The van der Waals surface area contributed by atoms with Gasteiger partial charge in [-0.2, -0.15) is 0 Å². The molecule has 0 atom stereocenters. The standard InChI is InChI=1S/C18H19NO4/c1-3-13-5-4-6-16(11-13)23-17(20)12-19-18(21)14-7-9-15(22-2)10-8-14/h4-11H,3,12H2,1-2H3,(H,19,21). The summed E-state index contributed by atoms with van der Waals surface area (Å²) < 4.78 is 10.2. The molecule has 0 saturated carbocycles. The zero-order valence-corrected chi connectivity index (χ0v) is 13.2. The molecule has 0 bridgehead atoms. The molecule has 2 aromatic rings. The number of aryl methyl sites for hydroxylation is 1. The fourth-order valence-electron chi connectivity index (χ4n) is 1.99. The lowest BCUT2D eigenvalue weighted by atomic mass is 10.2. The van der Waals surface area contributed by atoms with Crippen molar-refractivity contribution in [1.82, 2.24) is 5.32 Å². The molecule has 0 fully saturated rings. The van der Waals surface area contributed by atoms with Crippen LogP contribution in [0.25, 0.3) is 0 Å². The Labute approximate surface area is 135 Å². The van der Waals surface area contributed by atoms with Gasteiger partial charge in [0.05, 0.1) is 7.11 Å². The maximum atomic E-state index is 11.9. The molecule has 5 heteroatoms. The van der Waals surface area contributed by atoms with E-state index in [-0.39, 0.29) is 12.5 Å². The van der Waals surface area contributed by atoms with Gasteiger partial charge in [-0.25, -0.2) is 4.79 Å². The summed E-state index contributed by atoms with van der Waals surface area (Å²) in [7, 11) is 1.55. The highest BCUT2D eigenvalue weighted by Gasteiger charge is 2.10. The Balaban J connectivity index is 1.86. The van der Waals surface area contributed by atoms with Gasteiger partial charge in [0, 0.05) is 5.56 Å². The predicted molar refractivity (Wildman–Crippen MR) is 86.8 cm³/mol. The van der Waals surface area contributed by atoms with Crippen molar-refractivity contribution in [1.29, 1.82) is 0 Å². The van der Waals surface area contributed by atoms with Gasteiger partial charge in [0.1, 0.15) is 18.0 Å². The van der Waals surface area contributed by atoms with E-state index < -0.39 is 5.97 Å². The summed E-state index contributed by atoms with van der Waals surface area (Å²) in [5.41, 5.74) is 1.53. The molecular weight excluding hydrogens is 294 g/mol. The Bertz CT molecular complexity index is 680. The number of esters is 1. The molecule has 2 rings (SSSR count). The van der Waals surface area contributed by atoms with E-state index in [0.717, 1.165) is 12.0 Å². The molecule has 0 radical (unpaired) electrons. The van der Waals surface area contributed by atoms with Crippen molar-refractivity contribution < 1.29 is 19.1 Å². The fourth-order valence-corrected chi connectivity index (χ4v) is 1.99. The number of amides is 1. The third kappa shape index (κ3) is 4.85. The summed E-state index contributed by atoms with van der Waals surface area (Å²) in [5.74, 6) is 0.289. The van der Waals surface area contributed by atoms with Gasteiger partial charge in [-0.15, -0.1) is 0 Å². The van der Waals surface area contributed by atoms with Gasteiger partial charge in [0.25, 0.3) is 5.91 Å². The van der Waals surface area contributed by atoms with Crippen LogP contribution < -0.4 is 14.8 Å². The van der Waals surface area contributed by atoms with E-state index in [1.807, 2.05) is 25.1 Å². The number of methoxy groups -OCH3 is 1. The minimum atomic E-state index is -0.514. The molecule has 0 aliphatic heterocycles. The second kappa shape index (κ2) is 7.98. The molecule has 23 heavy (non-hydrogen) atoms. The van der Waals surface area contributed by atoms with Gasteiger partial charge < -0.3 is 14.8 Å². The summed E-state index contributed by atoms with van der Waals surface area (Å²) in [4.78, 5) is 23.7. The van der Waals surface area contributed by atoms with Crippen molar-refractivity contribution in [3.05, 3.63) is 59.7 Å². The maximum Gasteiger partial charge on any atom is 0.330 e. The zero-order chi connectivity index (χ0) is 16.7. The molecule has 0 aliphatic carbocycles. The lowest BCUT2D eigenvalue weighted by Crippen LogP contribution is -2.31. The summed E-state index contributed by atoms with van der Waals surface area (Å²) in [6.07, 6.45) is 0.861. The van der Waals surface area contributed by atoms with Crippen molar-refractivity contribution in [3.63, 3.8) is 0 Å². The van der Waals surface area contributed by atoms with E-state index in [1.54, 1.807) is 37.4 Å². The molecule has 120 valence electrons. The van der Waals surface area contributed by atoms with Crippen LogP contribution in [-0.4, -0.2) is 25.5 Å². The Morgan fingerprint density at radius 2 is 1.78 bits per heavy atom. The van der Waals surface area contributed by atoms with Crippen LogP contribution in [0.3, 0.4) is 0 Å². The summed E-state index contributed by atoms with van der Waals surface area (Å²) in [5, 5.41) is 2.53. The van der Waals surface area contributed by atoms with Crippen molar-refractivity contribution in [2.45, 2.75) is 13.3 Å². The number of carbonyl (C=O) groups excluding carboxylic acids is 2. The van der Waals surface area contributed by atoms with Gasteiger partial charge >= 0.3 is 5.97 Å². The fraction of sp³-hybridized carbons (Fsp3) is 0.222. The first kappa shape index (κ1) is 16.5. The number of hydrogen-bond acceptors (Lipinski definition) is 4. The van der Waals surface area contributed by atoms with Crippen LogP contribution in [-0.2, 0) is 11.2 Å². The minimum Gasteiger partial charge on any atom is -0.497 e. The number of carbonyl (C=O) groups is 2. The highest BCUT2D eigenvalue weighted by molar-refractivity contribution is 5.96. The number of nitrogens with one attached hydrogen (secondary N) is 1. The van der Waals surface area contributed by atoms with Crippen LogP contribution in [0.2, 0.25) is 0 Å². The van der Waals surface area contributed by atoms with E-state index in [2.05, 4.69) is 5.32 Å². The summed E-state index contributed by atoms with van der Waals surface area (Å²) >= 11 is 0. The average Bonchev–Trinajstić information content (AvgIpc) is 2.60. The molecule has 5 nitrogen and oxygen atoms in total. The quantitative estimate of drug-likeness (QED) is 0.657. The Morgan fingerprint density at radius 3 is 2.43 bits per heavy atom. The second-order valence-electron chi connectivity index (χ2n) is 4.89. The molecule has 0 spiro atoms. The van der Waals surface area contributed by atoms with Gasteiger partial charge in [-0.1, -0.05) is 19.1 Å². The molecule has 0 aromatic heterocycles. The maximum absolute atomic E-state index is 11.9. The molecule has 0 heterocycles. The van der Waals surface area contributed by atoms with E-state index in [0.29, 0.717) is 17.1 Å². The van der Waals surface area contributed by atoms with Gasteiger partial charge in [0.15, 0.2) is 0 Å². The predicted octanol–water partition coefficient (Wildman–Crippen LogP) is 2.59. The van der Waals surface area contributed by atoms with Gasteiger partial charge in [-0.05, 0) is 48.4 Å². The largest absolute Gasteiger partial charge is 0.497 e. The molecule has 0 unspecified atom stereocenters. The molecule has 0 aliphatic rings. The van der Waals surface area contributed by atoms with E-state index in [9.17, 15) is 9.59 Å². The Kier molecular flexibility index (Phi) is 5.74. The Hall–Kier alpha value is -2.82. The summed E-state index contributed by atoms with van der Waals surface area (Å²) in [6, 6.07) is 13.9.